The molecule has 1 atom stereocenters. The Kier molecular flexibility index (Phi) is 4.59. The quantitative estimate of drug-likeness (QED) is 0.899. The molecular formula is C17H27FN2O. The largest absolute Gasteiger partial charge is 0.388 e. The molecule has 4 heteroatoms. The van der Waals surface area contributed by atoms with Crippen molar-refractivity contribution in [2.24, 2.45) is 0 Å². The van der Waals surface area contributed by atoms with Crippen LogP contribution in [0.4, 0.5) is 10.1 Å². The molecule has 0 aliphatic carbocycles. The first kappa shape index (κ1) is 16.2. The maximum atomic E-state index is 14.4. The van der Waals surface area contributed by atoms with E-state index in [0.29, 0.717) is 18.8 Å². The van der Waals surface area contributed by atoms with E-state index in [0.717, 1.165) is 24.9 Å². The second kappa shape index (κ2) is 5.93. The fourth-order valence-corrected chi connectivity index (χ4v) is 2.83. The van der Waals surface area contributed by atoms with E-state index >= 15 is 0 Å². The predicted molar refractivity (Wildman–Crippen MR) is 85.1 cm³/mol. The monoisotopic (exact) mass is 294 g/mol. The van der Waals surface area contributed by atoms with E-state index in [1.165, 1.54) is 6.07 Å². The molecule has 0 saturated carbocycles. The van der Waals surface area contributed by atoms with Crippen LogP contribution in [0.3, 0.4) is 0 Å². The van der Waals surface area contributed by atoms with Gasteiger partial charge in [-0.2, -0.15) is 0 Å². The molecule has 0 bridgehead atoms. The van der Waals surface area contributed by atoms with Crippen LogP contribution in [0.25, 0.3) is 0 Å². The smallest absolute Gasteiger partial charge is 0.146 e. The Hall–Kier alpha value is -1.13. The lowest BCUT2D eigenvalue weighted by atomic mass is 9.94. The van der Waals surface area contributed by atoms with E-state index < -0.39 is 5.60 Å². The fourth-order valence-electron chi connectivity index (χ4n) is 2.83. The second-order valence-electron chi connectivity index (χ2n) is 7.37. The standard InChI is InChI=1S/C17H27FN2O/c1-16(2,3)19-11-13-7-5-8-14(18)15(13)20-10-6-9-17(4,21)12-20/h5,7-8,19,21H,6,9-12H2,1-4H3. The molecule has 1 heterocycles. The molecule has 1 aliphatic heterocycles. The molecule has 1 unspecified atom stereocenters. The van der Waals surface area contributed by atoms with Gasteiger partial charge in [0, 0.05) is 25.2 Å². The third-order valence-electron chi connectivity index (χ3n) is 3.87. The van der Waals surface area contributed by atoms with E-state index in [4.69, 9.17) is 0 Å². The second-order valence-corrected chi connectivity index (χ2v) is 7.37. The van der Waals surface area contributed by atoms with Crippen molar-refractivity contribution in [3.8, 4) is 0 Å². The van der Waals surface area contributed by atoms with Crippen molar-refractivity contribution in [1.29, 1.82) is 0 Å². The van der Waals surface area contributed by atoms with Crippen LogP contribution in [0.15, 0.2) is 18.2 Å². The van der Waals surface area contributed by atoms with Gasteiger partial charge in [-0.05, 0) is 52.2 Å². The molecule has 1 aromatic carbocycles. The highest BCUT2D eigenvalue weighted by molar-refractivity contribution is 5.55. The normalized spacial score (nSPS) is 23.4. The first-order valence-corrected chi connectivity index (χ1v) is 7.68. The van der Waals surface area contributed by atoms with Gasteiger partial charge in [0.15, 0.2) is 0 Å². The van der Waals surface area contributed by atoms with Gasteiger partial charge in [0.05, 0.1) is 11.3 Å². The molecule has 21 heavy (non-hydrogen) atoms. The van der Waals surface area contributed by atoms with Crippen molar-refractivity contribution < 1.29 is 9.50 Å². The van der Waals surface area contributed by atoms with Crippen molar-refractivity contribution in [1.82, 2.24) is 5.32 Å². The van der Waals surface area contributed by atoms with Gasteiger partial charge in [0.1, 0.15) is 5.82 Å². The molecule has 1 aromatic rings. The SMILES string of the molecule is CC1(O)CCCN(c2c(F)cccc2CNC(C)(C)C)C1. The molecule has 1 fully saturated rings. The number of aliphatic hydroxyl groups is 1. The van der Waals surface area contributed by atoms with Crippen LogP contribution in [-0.2, 0) is 6.54 Å². The first-order valence-electron chi connectivity index (χ1n) is 7.68. The van der Waals surface area contributed by atoms with Gasteiger partial charge in [-0.15, -0.1) is 0 Å². The Labute approximate surface area is 127 Å². The Morgan fingerprint density at radius 2 is 2.10 bits per heavy atom. The molecule has 2 N–H and O–H groups in total. The number of benzene rings is 1. The summed E-state index contributed by atoms with van der Waals surface area (Å²) in [4.78, 5) is 1.98. The van der Waals surface area contributed by atoms with Gasteiger partial charge in [-0.3, -0.25) is 0 Å². The van der Waals surface area contributed by atoms with Crippen LogP contribution in [0, 0.1) is 5.82 Å². The zero-order valence-electron chi connectivity index (χ0n) is 13.5. The maximum absolute atomic E-state index is 14.4. The van der Waals surface area contributed by atoms with Gasteiger partial charge in [-0.25, -0.2) is 4.39 Å². The average Bonchev–Trinajstić information content (AvgIpc) is 2.34. The summed E-state index contributed by atoms with van der Waals surface area (Å²) in [5.74, 6) is -0.207. The van der Waals surface area contributed by atoms with Crippen molar-refractivity contribution in [2.45, 2.75) is 58.2 Å². The number of hydrogen-bond donors (Lipinski definition) is 2. The highest BCUT2D eigenvalue weighted by Crippen LogP contribution is 2.30. The number of hydrogen-bond acceptors (Lipinski definition) is 3. The van der Waals surface area contributed by atoms with Crippen LogP contribution in [0.2, 0.25) is 0 Å². The molecule has 0 spiro atoms. The van der Waals surface area contributed by atoms with Gasteiger partial charge >= 0.3 is 0 Å². The summed E-state index contributed by atoms with van der Waals surface area (Å²) >= 11 is 0. The minimum absolute atomic E-state index is 0.0169. The van der Waals surface area contributed by atoms with Crippen LogP contribution < -0.4 is 10.2 Å². The third kappa shape index (κ3) is 4.42. The fraction of sp³-hybridized carbons (Fsp3) is 0.647. The van der Waals surface area contributed by atoms with Gasteiger partial charge in [-0.1, -0.05) is 12.1 Å². The van der Waals surface area contributed by atoms with Gasteiger partial charge in [0.2, 0.25) is 0 Å². The molecule has 1 aliphatic rings. The zero-order chi connectivity index (χ0) is 15.7. The van der Waals surface area contributed by atoms with Crippen LogP contribution in [0.5, 0.6) is 0 Å². The van der Waals surface area contributed by atoms with E-state index in [2.05, 4.69) is 26.1 Å². The number of anilines is 1. The van der Waals surface area contributed by atoms with Crippen molar-refractivity contribution in [3.05, 3.63) is 29.6 Å². The average molecular weight is 294 g/mol. The highest BCUT2D eigenvalue weighted by atomic mass is 19.1. The number of nitrogens with one attached hydrogen (secondary N) is 1. The summed E-state index contributed by atoms with van der Waals surface area (Å²) in [6, 6.07) is 5.21. The minimum atomic E-state index is -0.741. The molecule has 118 valence electrons. The lowest BCUT2D eigenvalue weighted by Crippen LogP contribution is -2.47. The summed E-state index contributed by atoms with van der Waals surface area (Å²) in [7, 11) is 0. The Morgan fingerprint density at radius 3 is 2.71 bits per heavy atom. The molecule has 2 rings (SSSR count). The van der Waals surface area contributed by atoms with Crippen molar-refractivity contribution in [2.75, 3.05) is 18.0 Å². The van der Waals surface area contributed by atoms with Crippen LogP contribution in [-0.4, -0.2) is 29.3 Å². The van der Waals surface area contributed by atoms with Crippen LogP contribution in [0.1, 0.15) is 46.1 Å². The number of halogens is 1. The lowest BCUT2D eigenvalue weighted by Gasteiger charge is -2.39. The number of para-hydroxylation sites is 1. The summed E-state index contributed by atoms with van der Waals surface area (Å²) in [5.41, 5.74) is 0.823. The van der Waals surface area contributed by atoms with Gasteiger partial charge in [0.25, 0.3) is 0 Å². The summed E-state index contributed by atoms with van der Waals surface area (Å²) in [5, 5.41) is 13.7. The van der Waals surface area contributed by atoms with E-state index in [1.54, 1.807) is 6.07 Å². The third-order valence-corrected chi connectivity index (χ3v) is 3.87. The summed E-state index contributed by atoms with van der Waals surface area (Å²) in [6.07, 6.45) is 1.65. The first-order chi connectivity index (χ1) is 9.68. The predicted octanol–water partition coefficient (Wildman–Crippen LogP) is 3.07. The van der Waals surface area contributed by atoms with Crippen LogP contribution >= 0.6 is 0 Å². The van der Waals surface area contributed by atoms with Crippen molar-refractivity contribution in [3.63, 3.8) is 0 Å². The molecular weight excluding hydrogens is 267 g/mol. The molecule has 0 amide bonds. The number of rotatable bonds is 3. The van der Waals surface area contributed by atoms with E-state index in [-0.39, 0.29) is 11.4 Å². The summed E-state index contributed by atoms with van der Waals surface area (Å²) in [6.45, 7) is 10.0. The molecule has 0 aromatic heterocycles. The lowest BCUT2D eigenvalue weighted by molar-refractivity contribution is 0.0447. The van der Waals surface area contributed by atoms with E-state index in [9.17, 15) is 9.50 Å². The number of nitrogens with zero attached hydrogens (tertiary/aromatic N) is 1. The Balaban J connectivity index is 2.25. The molecule has 0 radical (unpaired) electrons. The summed E-state index contributed by atoms with van der Waals surface area (Å²) < 4.78 is 14.4. The highest BCUT2D eigenvalue weighted by Gasteiger charge is 2.30. The zero-order valence-corrected chi connectivity index (χ0v) is 13.5. The van der Waals surface area contributed by atoms with Gasteiger partial charge < -0.3 is 15.3 Å². The Bertz CT molecular complexity index is 494. The van der Waals surface area contributed by atoms with Crippen molar-refractivity contribution >= 4 is 5.69 Å². The maximum Gasteiger partial charge on any atom is 0.146 e. The van der Waals surface area contributed by atoms with E-state index in [1.807, 2.05) is 17.9 Å². The number of β-amino-alcohol motifs (C(OH)–C–C–N with tert-alkyl or cyclic N) is 1. The number of piperidine rings is 1. The molecule has 1 saturated heterocycles. The topological polar surface area (TPSA) is 35.5 Å². The Morgan fingerprint density at radius 1 is 1.38 bits per heavy atom. The minimum Gasteiger partial charge on any atom is -0.388 e. The molecule has 3 nitrogen and oxygen atoms in total.